The van der Waals surface area contributed by atoms with Crippen LogP contribution in [-0.4, -0.2) is 13.0 Å². The number of benzene rings is 1. The van der Waals surface area contributed by atoms with Gasteiger partial charge in [-0.2, -0.15) is 0 Å². The van der Waals surface area contributed by atoms with Crippen molar-refractivity contribution in [3.63, 3.8) is 0 Å². The maximum atomic E-state index is 13.7. The van der Waals surface area contributed by atoms with E-state index in [9.17, 15) is 9.18 Å². The second-order valence-electron chi connectivity index (χ2n) is 4.51. The second kappa shape index (κ2) is 4.64. The number of carbonyl (C=O) groups excluding carboxylic acids is 1. The molecule has 0 aromatic heterocycles. The predicted molar refractivity (Wildman–Crippen MR) is 63.1 cm³/mol. The standard InChI is InChI=1S/C13H18FNO/c1-5-13(2,3)9-6-7-10(11(14)8-9)12(16)15-4/h6-8H,5H2,1-4H3,(H,15,16). The van der Waals surface area contributed by atoms with Gasteiger partial charge in [-0.25, -0.2) is 4.39 Å². The van der Waals surface area contributed by atoms with Crippen LogP contribution >= 0.6 is 0 Å². The topological polar surface area (TPSA) is 29.1 Å². The summed E-state index contributed by atoms with van der Waals surface area (Å²) in [7, 11) is 1.49. The van der Waals surface area contributed by atoms with E-state index in [0.29, 0.717) is 0 Å². The summed E-state index contributed by atoms with van der Waals surface area (Å²) in [4.78, 5) is 11.3. The van der Waals surface area contributed by atoms with Crippen molar-refractivity contribution in [2.24, 2.45) is 0 Å². The van der Waals surface area contributed by atoms with Crippen molar-refractivity contribution >= 4 is 5.91 Å². The van der Waals surface area contributed by atoms with Crippen LogP contribution in [0.25, 0.3) is 0 Å². The zero-order valence-corrected chi connectivity index (χ0v) is 10.2. The average molecular weight is 223 g/mol. The predicted octanol–water partition coefficient (Wildman–Crippen LogP) is 2.87. The van der Waals surface area contributed by atoms with Crippen LogP contribution < -0.4 is 5.32 Å². The molecule has 0 spiro atoms. The molecule has 0 aliphatic carbocycles. The van der Waals surface area contributed by atoms with Crippen LogP contribution in [0, 0.1) is 5.82 Å². The van der Waals surface area contributed by atoms with Crippen molar-refractivity contribution < 1.29 is 9.18 Å². The molecular weight excluding hydrogens is 205 g/mol. The maximum Gasteiger partial charge on any atom is 0.253 e. The van der Waals surface area contributed by atoms with Gasteiger partial charge >= 0.3 is 0 Å². The first-order valence-electron chi connectivity index (χ1n) is 5.44. The summed E-state index contributed by atoms with van der Waals surface area (Å²) in [5.41, 5.74) is 0.945. The largest absolute Gasteiger partial charge is 0.355 e. The van der Waals surface area contributed by atoms with Crippen molar-refractivity contribution in [2.75, 3.05) is 7.05 Å². The highest BCUT2D eigenvalue weighted by molar-refractivity contribution is 5.94. The molecule has 3 heteroatoms. The Morgan fingerprint density at radius 1 is 1.44 bits per heavy atom. The molecule has 0 heterocycles. The molecular formula is C13H18FNO. The Morgan fingerprint density at radius 2 is 2.06 bits per heavy atom. The second-order valence-corrected chi connectivity index (χ2v) is 4.51. The van der Waals surface area contributed by atoms with Crippen LogP contribution in [0.3, 0.4) is 0 Å². The first kappa shape index (κ1) is 12.7. The first-order chi connectivity index (χ1) is 7.42. The van der Waals surface area contributed by atoms with Crippen LogP contribution in [0.15, 0.2) is 18.2 Å². The summed E-state index contributed by atoms with van der Waals surface area (Å²) in [6.07, 6.45) is 0.922. The third-order valence-electron chi connectivity index (χ3n) is 3.11. The van der Waals surface area contributed by atoms with Gasteiger partial charge in [0, 0.05) is 7.05 Å². The summed E-state index contributed by atoms with van der Waals surface area (Å²) < 4.78 is 13.7. The van der Waals surface area contributed by atoms with E-state index in [1.165, 1.54) is 13.1 Å². The van der Waals surface area contributed by atoms with E-state index < -0.39 is 11.7 Å². The molecule has 0 unspecified atom stereocenters. The van der Waals surface area contributed by atoms with Crippen molar-refractivity contribution in [3.8, 4) is 0 Å². The highest BCUT2D eigenvalue weighted by Gasteiger charge is 2.20. The average Bonchev–Trinajstić information content (AvgIpc) is 2.28. The molecule has 0 radical (unpaired) electrons. The van der Waals surface area contributed by atoms with E-state index in [-0.39, 0.29) is 11.0 Å². The molecule has 0 aliphatic rings. The highest BCUT2D eigenvalue weighted by Crippen LogP contribution is 2.27. The number of amides is 1. The van der Waals surface area contributed by atoms with Crippen molar-refractivity contribution in [3.05, 3.63) is 35.1 Å². The minimum atomic E-state index is -0.460. The van der Waals surface area contributed by atoms with E-state index in [4.69, 9.17) is 0 Å². The third kappa shape index (κ3) is 2.40. The molecule has 16 heavy (non-hydrogen) atoms. The number of carbonyl (C=O) groups is 1. The van der Waals surface area contributed by atoms with Gasteiger partial charge in [-0.15, -0.1) is 0 Å². The van der Waals surface area contributed by atoms with E-state index in [2.05, 4.69) is 26.1 Å². The van der Waals surface area contributed by atoms with Crippen LogP contribution in [0.5, 0.6) is 0 Å². The van der Waals surface area contributed by atoms with Gasteiger partial charge in [0.25, 0.3) is 5.91 Å². The van der Waals surface area contributed by atoms with Gasteiger partial charge in [0.05, 0.1) is 5.56 Å². The molecule has 0 saturated heterocycles. The Labute approximate surface area is 95.9 Å². The SMILES string of the molecule is CCC(C)(C)c1ccc(C(=O)NC)c(F)c1. The van der Waals surface area contributed by atoms with Crippen molar-refractivity contribution in [2.45, 2.75) is 32.6 Å². The van der Waals surface area contributed by atoms with E-state index in [0.717, 1.165) is 12.0 Å². The fraction of sp³-hybridized carbons (Fsp3) is 0.462. The summed E-state index contributed by atoms with van der Waals surface area (Å²) in [5.74, 6) is -0.850. The fourth-order valence-electron chi connectivity index (χ4n) is 1.46. The summed E-state index contributed by atoms with van der Waals surface area (Å²) >= 11 is 0. The zero-order chi connectivity index (χ0) is 12.3. The molecule has 1 aromatic rings. The molecule has 1 aromatic carbocycles. The minimum absolute atomic E-state index is 0.0674. The molecule has 2 nitrogen and oxygen atoms in total. The normalized spacial score (nSPS) is 11.3. The molecule has 88 valence electrons. The maximum absolute atomic E-state index is 13.7. The molecule has 0 bridgehead atoms. The first-order valence-corrected chi connectivity index (χ1v) is 5.44. The van der Waals surface area contributed by atoms with Gasteiger partial charge < -0.3 is 5.32 Å². The molecule has 1 rings (SSSR count). The van der Waals surface area contributed by atoms with E-state index in [1.807, 2.05) is 6.07 Å². The van der Waals surface area contributed by atoms with Crippen molar-refractivity contribution in [1.82, 2.24) is 5.32 Å². The van der Waals surface area contributed by atoms with Crippen LogP contribution in [-0.2, 0) is 5.41 Å². The highest BCUT2D eigenvalue weighted by atomic mass is 19.1. The Morgan fingerprint density at radius 3 is 2.50 bits per heavy atom. The van der Waals surface area contributed by atoms with Gasteiger partial charge in [-0.3, -0.25) is 4.79 Å². The summed E-state index contributed by atoms with van der Waals surface area (Å²) in [5, 5.41) is 2.42. The molecule has 1 amide bonds. The van der Waals surface area contributed by atoms with E-state index in [1.54, 1.807) is 6.07 Å². The molecule has 0 fully saturated rings. The summed E-state index contributed by atoms with van der Waals surface area (Å²) in [6, 6.07) is 4.81. The zero-order valence-electron chi connectivity index (χ0n) is 10.2. The lowest BCUT2D eigenvalue weighted by atomic mass is 9.82. The van der Waals surface area contributed by atoms with E-state index >= 15 is 0 Å². The number of hydrogen-bond donors (Lipinski definition) is 1. The van der Waals surface area contributed by atoms with Gasteiger partial charge in [0.1, 0.15) is 5.82 Å². The number of halogens is 1. The molecule has 0 atom stereocenters. The molecule has 1 N–H and O–H groups in total. The van der Waals surface area contributed by atoms with Crippen LogP contribution in [0.4, 0.5) is 4.39 Å². The minimum Gasteiger partial charge on any atom is -0.355 e. The number of rotatable bonds is 3. The van der Waals surface area contributed by atoms with Gasteiger partial charge in [-0.05, 0) is 29.5 Å². The lowest BCUT2D eigenvalue weighted by Gasteiger charge is -2.23. The molecule has 0 aliphatic heterocycles. The Hall–Kier alpha value is -1.38. The third-order valence-corrected chi connectivity index (χ3v) is 3.11. The lowest BCUT2D eigenvalue weighted by molar-refractivity contribution is 0.0959. The van der Waals surface area contributed by atoms with Crippen LogP contribution in [0.2, 0.25) is 0 Å². The summed E-state index contributed by atoms with van der Waals surface area (Å²) in [6.45, 7) is 6.17. The van der Waals surface area contributed by atoms with Gasteiger partial charge in [0.15, 0.2) is 0 Å². The Bertz CT molecular complexity index is 399. The lowest BCUT2D eigenvalue weighted by Crippen LogP contribution is -2.21. The van der Waals surface area contributed by atoms with Gasteiger partial charge in [-0.1, -0.05) is 26.8 Å². The van der Waals surface area contributed by atoms with Crippen molar-refractivity contribution in [1.29, 1.82) is 0 Å². The number of hydrogen-bond acceptors (Lipinski definition) is 1. The van der Waals surface area contributed by atoms with Gasteiger partial charge in [0.2, 0.25) is 0 Å². The fourth-order valence-corrected chi connectivity index (χ4v) is 1.46. The quantitative estimate of drug-likeness (QED) is 0.838. The molecule has 0 saturated carbocycles. The number of nitrogens with one attached hydrogen (secondary N) is 1. The Balaban J connectivity index is 3.14. The van der Waals surface area contributed by atoms with Crippen LogP contribution in [0.1, 0.15) is 43.1 Å². The monoisotopic (exact) mass is 223 g/mol. The Kier molecular flexibility index (Phi) is 3.68. The smallest absolute Gasteiger partial charge is 0.253 e.